The molecule has 4 heteroatoms. The predicted molar refractivity (Wildman–Crippen MR) is 108 cm³/mol. The van der Waals surface area contributed by atoms with Gasteiger partial charge in [-0.05, 0) is 6.42 Å². The first kappa shape index (κ1) is 25.7. The molecule has 0 aromatic rings. The molecule has 1 N–H and O–H groups in total. The molecule has 0 aromatic heterocycles. The van der Waals surface area contributed by atoms with Gasteiger partial charge in [-0.3, -0.25) is 4.79 Å². The monoisotopic (exact) mass is 452 g/mol. The Morgan fingerprint density at radius 1 is 0.818 bits per heavy atom. The Kier molecular flexibility index (Phi) is 23.9. The molecule has 0 amide bonds. The summed E-state index contributed by atoms with van der Waals surface area (Å²) >= 11 is 2.03. The summed E-state index contributed by atoms with van der Waals surface area (Å²) in [6.07, 6.45) is 19.7. The van der Waals surface area contributed by atoms with Crippen LogP contribution in [0.5, 0.6) is 0 Å². The second-order valence-electron chi connectivity index (χ2n) is 6.19. The van der Waals surface area contributed by atoms with Crippen molar-refractivity contribution >= 4 is 66.3 Å². The van der Waals surface area contributed by atoms with E-state index in [-0.39, 0.29) is 44.5 Å². The summed E-state index contributed by atoms with van der Waals surface area (Å²) in [6, 6.07) is 0. The van der Waals surface area contributed by atoms with E-state index in [1.165, 1.54) is 83.5 Å². The van der Waals surface area contributed by atoms with Gasteiger partial charge in [0.15, 0.2) is 0 Å². The number of carboxylic acid groups (broad SMARTS) is 1. The van der Waals surface area contributed by atoms with Crippen molar-refractivity contribution in [2.75, 3.05) is 0 Å². The fourth-order valence-electron chi connectivity index (χ4n) is 2.64. The van der Waals surface area contributed by atoms with Gasteiger partial charge in [0.2, 0.25) is 0 Å². The summed E-state index contributed by atoms with van der Waals surface area (Å²) in [6.45, 7) is 2.27. The molecule has 0 aromatic carbocycles. The molecule has 2 nitrogen and oxygen atoms in total. The predicted octanol–water partition coefficient (Wildman–Crippen LogP) is 6.59. The minimum absolute atomic E-state index is 0. The Balaban J connectivity index is -0.000000667. The minimum Gasteiger partial charge on any atom is -1.00 e. The number of hydrogen-bond donors (Lipinski definition) is 1. The first-order valence-electron chi connectivity index (χ1n) is 9.05. The topological polar surface area (TPSA) is 37.3 Å². The van der Waals surface area contributed by atoms with Crippen LogP contribution in [0.1, 0.15) is 106 Å². The zero-order chi connectivity index (χ0) is 15.8. The van der Waals surface area contributed by atoms with Crippen LogP contribution in [0, 0.1) is 0 Å². The van der Waals surface area contributed by atoms with Gasteiger partial charge in [0.25, 0.3) is 0 Å². The quantitative estimate of drug-likeness (QED) is 0.124. The first-order chi connectivity index (χ1) is 10.2. The number of halogens is 1. The van der Waals surface area contributed by atoms with Crippen LogP contribution in [0.25, 0.3) is 0 Å². The van der Waals surface area contributed by atoms with E-state index in [2.05, 4.69) is 6.92 Å². The van der Waals surface area contributed by atoms with Crippen LogP contribution in [-0.2, 0) is 4.79 Å². The fraction of sp³-hybridized carbons (Fsp3) is 0.944. The zero-order valence-electron chi connectivity index (χ0n) is 16.6. The molecule has 0 spiro atoms. The van der Waals surface area contributed by atoms with Crippen LogP contribution in [-0.4, -0.2) is 52.7 Å². The van der Waals surface area contributed by atoms with Gasteiger partial charge in [0.1, 0.15) is 3.92 Å². The van der Waals surface area contributed by atoms with Crippen molar-refractivity contribution < 1.29 is 12.8 Å². The summed E-state index contributed by atoms with van der Waals surface area (Å²) in [4.78, 5) is 10.7. The molecule has 1 atom stereocenters. The molecule has 0 rings (SSSR count). The van der Waals surface area contributed by atoms with E-state index in [4.69, 9.17) is 5.11 Å². The Morgan fingerprint density at radius 3 is 1.45 bits per heavy atom. The summed E-state index contributed by atoms with van der Waals surface area (Å²) in [7, 11) is 0. The van der Waals surface area contributed by atoms with E-state index in [0.29, 0.717) is 0 Å². The average Bonchev–Trinajstić information content (AvgIpc) is 2.47. The molecule has 0 radical (unpaired) electrons. The molecule has 130 valence electrons. The normalized spacial score (nSPS) is 11.9. The van der Waals surface area contributed by atoms with Crippen LogP contribution in [0.2, 0.25) is 0 Å². The van der Waals surface area contributed by atoms with Crippen LogP contribution < -0.4 is 0 Å². The van der Waals surface area contributed by atoms with E-state index in [1.807, 2.05) is 22.6 Å². The summed E-state index contributed by atoms with van der Waals surface area (Å²) < 4.78 is -0.195. The van der Waals surface area contributed by atoms with Crippen LogP contribution >= 0.6 is 22.6 Å². The van der Waals surface area contributed by atoms with Crippen molar-refractivity contribution in [2.45, 2.75) is 107 Å². The Bertz CT molecular complexity index is 247. The standard InChI is InChI=1S/C18H35IO2.Ca.2H/c1-2-3-4-5-6-7-8-9-10-11-12-13-14-15-16-17(19)18(20)21;;;/h17H,2-16H2,1H3,(H,20,21);;;/q;+2;2*-1. The Hall–Kier alpha value is 1.46. The maximum absolute atomic E-state index is 10.7. The van der Waals surface area contributed by atoms with Gasteiger partial charge in [-0.25, -0.2) is 0 Å². The van der Waals surface area contributed by atoms with Crippen LogP contribution in [0.4, 0.5) is 0 Å². The van der Waals surface area contributed by atoms with E-state index < -0.39 is 5.97 Å². The maximum Gasteiger partial charge on any atom is 2.00 e. The molecule has 0 aliphatic carbocycles. The molecule has 0 heterocycles. The number of carbonyl (C=O) groups is 1. The van der Waals surface area contributed by atoms with Crippen LogP contribution in [0.3, 0.4) is 0 Å². The number of aliphatic carboxylic acids is 1. The molecule has 0 aliphatic rings. The number of hydrogen-bond acceptors (Lipinski definition) is 1. The van der Waals surface area contributed by atoms with Crippen molar-refractivity contribution in [3.05, 3.63) is 0 Å². The van der Waals surface area contributed by atoms with E-state index in [1.54, 1.807) is 0 Å². The van der Waals surface area contributed by atoms with Crippen molar-refractivity contribution in [2.24, 2.45) is 0 Å². The van der Waals surface area contributed by atoms with Gasteiger partial charge >= 0.3 is 43.7 Å². The molecular weight excluding hydrogens is 415 g/mol. The third-order valence-corrected chi connectivity index (χ3v) is 5.23. The second-order valence-corrected chi connectivity index (χ2v) is 7.69. The van der Waals surface area contributed by atoms with Gasteiger partial charge in [0, 0.05) is 0 Å². The van der Waals surface area contributed by atoms with Crippen molar-refractivity contribution in [3.63, 3.8) is 0 Å². The van der Waals surface area contributed by atoms with Crippen molar-refractivity contribution in [1.82, 2.24) is 0 Å². The minimum atomic E-state index is -0.662. The Morgan fingerprint density at radius 2 is 1.14 bits per heavy atom. The smallest absolute Gasteiger partial charge is 1.00 e. The first-order valence-corrected chi connectivity index (χ1v) is 10.3. The van der Waals surface area contributed by atoms with E-state index >= 15 is 0 Å². The number of rotatable bonds is 16. The summed E-state index contributed by atoms with van der Waals surface area (Å²) in [5.41, 5.74) is 0. The van der Waals surface area contributed by atoms with Gasteiger partial charge < -0.3 is 7.96 Å². The maximum atomic E-state index is 10.7. The molecule has 1 unspecified atom stereocenters. The molecule has 0 saturated carbocycles. The fourth-order valence-corrected chi connectivity index (χ4v) is 3.08. The van der Waals surface area contributed by atoms with Gasteiger partial charge in [-0.15, -0.1) is 0 Å². The summed E-state index contributed by atoms with van der Waals surface area (Å²) in [5, 5.41) is 8.78. The van der Waals surface area contributed by atoms with Gasteiger partial charge in [-0.2, -0.15) is 0 Å². The van der Waals surface area contributed by atoms with Gasteiger partial charge in [-0.1, -0.05) is 119 Å². The molecule has 0 saturated heterocycles. The number of alkyl halides is 1. The number of carboxylic acids is 1. The van der Waals surface area contributed by atoms with Gasteiger partial charge in [0.05, 0.1) is 0 Å². The van der Waals surface area contributed by atoms with E-state index in [9.17, 15) is 4.79 Å². The molecule has 0 bridgehead atoms. The largest absolute Gasteiger partial charge is 2.00 e. The SMILES string of the molecule is CCCCCCCCCCCCCCCCC(I)C(=O)O.[Ca+2].[H-].[H-]. The average molecular weight is 452 g/mol. The van der Waals surface area contributed by atoms with Crippen molar-refractivity contribution in [1.29, 1.82) is 0 Å². The second kappa shape index (κ2) is 20.5. The van der Waals surface area contributed by atoms with Crippen LogP contribution in [0.15, 0.2) is 0 Å². The molecular formula is C18H37CaIO2. The zero-order valence-corrected chi connectivity index (χ0v) is 19.0. The summed E-state index contributed by atoms with van der Waals surface area (Å²) in [5.74, 6) is -0.662. The third kappa shape index (κ3) is 19.5. The van der Waals surface area contributed by atoms with E-state index in [0.717, 1.165) is 12.8 Å². The third-order valence-electron chi connectivity index (χ3n) is 4.08. The van der Waals surface area contributed by atoms with Crippen molar-refractivity contribution in [3.8, 4) is 0 Å². The number of unbranched alkanes of at least 4 members (excludes halogenated alkanes) is 13. The molecule has 0 fully saturated rings. The Labute approximate surface area is 184 Å². The molecule has 22 heavy (non-hydrogen) atoms. The molecule has 0 aliphatic heterocycles.